The topological polar surface area (TPSA) is 83.8 Å². The number of esters is 1. The van der Waals surface area contributed by atoms with E-state index in [-0.39, 0.29) is 53.4 Å². The molecule has 0 saturated heterocycles. The van der Waals surface area contributed by atoms with Crippen LogP contribution in [0.5, 0.6) is 0 Å². The summed E-state index contributed by atoms with van der Waals surface area (Å²) in [5.41, 5.74) is 0.554. The lowest BCUT2D eigenvalue weighted by molar-refractivity contribution is -0.140. The summed E-state index contributed by atoms with van der Waals surface area (Å²) in [5, 5.41) is 20.3. The van der Waals surface area contributed by atoms with E-state index >= 15 is 0 Å². The first-order valence-corrected chi connectivity index (χ1v) is 8.83. The number of carbonyl (C=O) groups excluding carboxylic acids is 2. The molecule has 25 heavy (non-hydrogen) atoms. The zero-order valence-electron chi connectivity index (χ0n) is 15.0. The summed E-state index contributed by atoms with van der Waals surface area (Å²) < 4.78 is 4.91. The van der Waals surface area contributed by atoms with Crippen LogP contribution in [-0.4, -0.2) is 35.2 Å². The van der Waals surface area contributed by atoms with Crippen LogP contribution in [0.2, 0.25) is 0 Å². The fourth-order valence-electron chi connectivity index (χ4n) is 5.15. The number of fused-ring (bicyclic) bond motifs is 1. The number of hydrogen-bond donors (Lipinski definition) is 2. The molecule has 2 aliphatic carbocycles. The highest BCUT2D eigenvalue weighted by Crippen LogP contribution is 2.59. The first-order chi connectivity index (χ1) is 11.7. The molecule has 2 N–H and O–H groups in total. The van der Waals surface area contributed by atoms with Crippen molar-refractivity contribution in [1.29, 1.82) is 0 Å². The van der Waals surface area contributed by atoms with Crippen molar-refractivity contribution in [2.45, 2.75) is 40.0 Å². The normalized spacial score (nSPS) is 35.0. The fraction of sp³-hybridized carbons (Fsp3) is 0.600. The van der Waals surface area contributed by atoms with Gasteiger partial charge < -0.3 is 14.9 Å². The van der Waals surface area contributed by atoms with Crippen LogP contribution in [0.3, 0.4) is 0 Å². The van der Waals surface area contributed by atoms with Crippen LogP contribution in [0.25, 0.3) is 0 Å². The smallest absolute Gasteiger partial charge is 0.331 e. The van der Waals surface area contributed by atoms with Gasteiger partial charge in [-0.1, -0.05) is 39.3 Å². The molecule has 1 aliphatic heterocycles. The van der Waals surface area contributed by atoms with Gasteiger partial charge >= 0.3 is 5.97 Å². The molecule has 0 radical (unpaired) electrons. The van der Waals surface area contributed by atoms with Gasteiger partial charge in [0, 0.05) is 23.5 Å². The Morgan fingerprint density at radius 2 is 2.00 bits per heavy atom. The van der Waals surface area contributed by atoms with Gasteiger partial charge in [-0.3, -0.25) is 4.79 Å². The van der Waals surface area contributed by atoms with Gasteiger partial charge in [0.25, 0.3) is 0 Å². The minimum Gasteiger partial charge on any atom is -0.504 e. The Hall–Kier alpha value is -1.88. The van der Waals surface area contributed by atoms with E-state index in [2.05, 4.69) is 20.8 Å². The van der Waals surface area contributed by atoms with E-state index in [0.717, 1.165) is 24.8 Å². The lowest BCUT2D eigenvalue weighted by atomic mass is 9.48. The maximum absolute atomic E-state index is 12.9. The van der Waals surface area contributed by atoms with Gasteiger partial charge in [-0.15, -0.1) is 0 Å². The third-order valence-corrected chi connectivity index (χ3v) is 6.22. The predicted octanol–water partition coefficient (Wildman–Crippen LogP) is 2.86. The quantitative estimate of drug-likeness (QED) is 0.768. The molecular formula is C20H26O5. The van der Waals surface area contributed by atoms with Crippen molar-refractivity contribution in [1.82, 2.24) is 0 Å². The number of carbonyl (C=O) groups is 2. The van der Waals surface area contributed by atoms with Crippen molar-refractivity contribution in [2.75, 3.05) is 13.2 Å². The molecule has 136 valence electrons. The fourth-order valence-corrected chi connectivity index (χ4v) is 5.15. The maximum Gasteiger partial charge on any atom is 0.331 e. The van der Waals surface area contributed by atoms with E-state index in [1.165, 1.54) is 6.08 Å². The summed E-state index contributed by atoms with van der Waals surface area (Å²) in [6, 6.07) is 0. The van der Waals surface area contributed by atoms with Crippen molar-refractivity contribution in [3.05, 3.63) is 35.1 Å². The minimum absolute atomic E-state index is 0.211. The lowest BCUT2D eigenvalue weighted by Crippen LogP contribution is -2.54. The van der Waals surface area contributed by atoms with Crippen LogP contribution >= 0.6 is 0 Å². The molecule has 1 heterocycles. The number of aliphatic hydroxyl groups is 2. The monoisotopic (exact) mass is 346 g/mol. The maximum atomic E-state index is 12.9. The van der Waals surface area contributed by atoms with Crippen molar-refractivity contribution in [2.24, 2.45) is 22.7 Å². The summed E-state index contributed by atoms with van der Waals surface area (Å²) in [6.07, 6.45) is 7.96. The summed E-state index contributed by atoms with van der Waals surface area (Å²) >= 11 is 0. The Morgan fingerprint density at radius 1 is 1.28 bits per heavy atom. The van der Waals surface area contributed by atoms with Crippen LogP contribution in [0.15, 0.2) is 35.1 Å². The molecule has 0 aromatic heterocycles. The van der Waals surface area contributed by atoms with Crippen molar-refractivity contribution in [3.63, 3.8) is 0 Å². The van der Waals surface area contributed by atoms with E-state index in [1.54, 1.807) is 0 Å². The molecule has 0 bridgehead atoms. The molecule has 5 nitrogen and oxygen atoms in total. The van der Waals surface area contributed by atoms with Gasteiger partial charge in [0.2, 0.25) is 5.78 Å². The Bertz CT molecular complexity index is 697. The third kappa shape index (κ3) is 2.84. The van der Waals surface area contributed by atoms with Crippen molar-refractivity contribution >= 4 is 11.8 Å². The highest BCUT2D eigenvalue weighted by molar-refractivity contribution is 5.98. The first kappa shape index (κ1) is 17.9. The summed E-state index contributed by atoms with van der Waals surface area (Å²) in [7, 11) is 0. The molecule has 5 heteroatoms. The molecule has 1 saturated carbocycles. The van der Waals surface area contributed by atoms with Crippen LogP contribution in [-0.2, 0) is 14.3 Å². The number of cyclic esters (lactones) is 1. The zero-order chi connectivity index (χ0) is 18.4. The van der Waals surface area contributed by atoms with Gasteiger partial charge in [-0.2, -0.15) is 0 Å². The molecule has 1 fully saturated rings. The lowest BCUT2D eigenvalue weighted by Gasteiger charge is -2.55. The van der Waals surface area contributed by atoms with E-state index in [9.17, 15) is 19.8 Å². The summed E-state index contributed by atoms with van der Waals surface area (Å²) in [6.45, 7) is 6.12. The average molecular weight is 346 g/mol. The summed E-state index contributed by atoms with van der Waals surface area (Å²) in [5.74, 6) is -1.45. The van der Waals surface area contributed by atoms with Crippen molar-refractivity contribution < 1.29 is 24.5 Å². The molecular weight excluding hydrogens is 320 g/mol. The molecule has 3 aliphatic rings. The zero-order valence-corrected chi connectivity index (χ0v) is 15.0. The molecule has 3 atom stereocenters. The number of allylic oxidation sites excluding steroid dienone is 2. The number of ether oxygens (including phenoxy) is 1. The first-order valence-electron chi connectivity index (χ1n) is 8.83. The second-order valence-electron chi connectivity index (χ2n) is 8.34. The molecule has 0 spiro atoms. The molecule has 1 unspecified atom stereocenters. The van der Waals surface area contributed by atoms with Gasteiger partial charge in [-0.05, 0) is 29.2 Å². The van der Waals surface area contributed by atoms with Gasteiger partial charge in [-0.25, -0.2) is 4.79 Å². The van der Waals surface area contributed by atoms with E-state index < -0.39 is 0 Å². The largest absolute Gasteiger partial charge is 0.504 e. The molecule has 3 rings (SSSR count). The Labute approximate surface area is 148 Å². The molecule has 0 aromatic rings. The highest BCUT2D eigenvalue weighted by atomic mass is 16.5. The second kappa shape index (κ2) is 6.13. The number of aliphatic hydroxyl groups excluding tert-OH is 2. The van der Waals surface area contributed by atoms with Gasteiger partial charge in [0.1, 0.15) is 6.61 Å². The SMILES string of the molecule is CC1(C)CCC[C@@]2(C)C1C(=O)C(O)=C(CO)[C@@H]2/C=C/C1=CC(=O)OC1. The van der Waals surface area contributed by atoms with Crippen LogP contribution < -0.4 is 0 Å². The average Bonchev–Trinajstić information content (AvgIpc) is 2.94. The Balaban J connectivity index is 2.06. The van der Waals surface area contributed by atoms with Gasteiger partial charge in [0.05, 0.1) is 6.61 Å². The highest BCUT2D eigenvalue weighted by Gasteiger charge is 2.57. The van der Waals surface area contributed by atoms with Crippen LogP contribution in [0.1, 0.15) is 40.0 Å². The standard InChI is InChI=1S/C20H26O5/c1-19(2)7-4-8-20(3)14(6-5-12-9-15(22)25-11-12)13(10-21)16(23)17(24)18(19)20/h5-6,9,14,18,21,23H,4,7-8,10-11H2,1-3H3/b6-5+/t14-,18?,20+/m0/s1. The Kier molecular flexibility index (Phi) is 4.40. The predicted molar refractivity (Wildman–Crippen MR) is 92.6 cm³/mol. The number of Topliss-reactive ketones (excluding diaryl/α,β-unsaturated/α-hetero) is 1. The van der Waals surface area contributed by atoms with Crippen LogP contribution in [0, 0.1) is 22.7 Å². The molecule has 0 amide bonds. The van der Waals surface area contributed by atoms with E-state index in [1.807, 2.05) is 12.2 Å². The summed E-state index contributed by atoms with van der Waals surface area (Å²) in [4.78, 5) is 24.1. The number of hydrogen-bond acceptors (Lipinski definition) is 5. The van der Waals surface area contributed by atoms with Gasteiger partial charge in [0.15, 0.2) is 5.76 Å². The second-order valence-corrected chi connectivity index (χ2v) is 8.34. The number of ketones is 1. The third-order valence-electron chi connectivity index (χ3n) is 6.22. The van der Waals surface area contributed by atoms with E-state index in [0.29, 0.717) is 5.57 Å². The number of rotatable bonds is 3. The van der Waals surface area contributed by atoms with Crippen LogP contribution in [0.4, 0.5) is 0 Å². The Morgan fingerprint density at radius 3 is 2.60 bits per heavy atom. The van der Waals surface area contributed by atoms with E-state index in [4.69, 9.17) is 4.74 Å². The minimum atomic E-state index is -0.371. The van der Waals surface area contributed by atoms with Crippen molar-refractivity contribution in [3.8, 4) is 0 Å². The molecule has 0 aromatic carbocycles.